The molecule has 0 bridgehead atoms. The first-order valence-corrected chi connectivity index (χ1v) is 9.74. The molecule has 0 unspecified atom stereocenters. The summed E-state index contributed by atoms with van der Waals surface area (Å²) in [6.07, 6.45) is 0. The summed E-state index contributed by atoms with van der Waals surface area (Å²) in [5.41, 5.74) is 0.870. The highest BCUT2D eigenvalue weighted by molar-refractivity contribution is 9.08. The van der Waals surface area contributed by atoms with Crippen molar-refractivity contribution in [2.24, 2.45) is 0 Å². The zero-order valence-corrected chi connectivity index (χ0v) is 13.7. The van der Waals surface area contributed by atoms with Crippen LogP contribution < -0.4 is 4.43 Å². The number of alkyl halides is 1. The van der Waals surface area contributed by atoms with Crippen LogP contribution in [0.3, 0.4) is 0 Å². The lowest BCUT2D eigenvalue weighted by atomic mass is 10.2. The Labute approximate surface area is 113 Å². The molecule has 0 spiro atoms. The molecule has 0 amide bonds. The Morgan fingerprint density at radius 3 is 2.35 bits per heavy atom. The molecular formula is C13H20BrFOSi. The lowest BCUT2D eigenvalue weighted by Gasteiger charge is -2.37. The fourth-order valence-electron chi connectivity index (χ4n) is 1.18. The number of rotatable bonds is 3. The Morgan fingerprint density at radius 2 is 1.88 bits per heavy atom. The van der Waals surface area contributed by atoms with E-state index in [2.05, 4.69) is 49.8 Å². The lowest BCUT2D eigenvalue weighted by Crippen LogP contribution is -2.44. The highest BCUT2D eigenvalue weighted by Crippen LogP contribution is 2.38. The Bertz CT molecular complexity index is 399. The van der Waals surface area contributed by atoms with E-state index in [9.17, 15) is 4.39 Å². The second kappa shape index (κ2) is 5.10. The van der Waals surface area contributed by atoms with E-state index < -0.39 is 8.32 Å². The summed E-state index contributed by atoms with van der Waals surface area (Å²) in [7, 11) is -1.85. The molecule has 0 fully saturated rings. The standard InChI is InChI=1S/C13H20BrFOSi/c1-13(2,3)17(4,5)16-12-7-6-11(15)8-10(12)9-14/h6-8H,9H2,1-5H3. The minimum atomic E-state index is -1.85. The maximum atomic E-state index is 13.1. The molecule has 4 heteroatoms. The molecule has 0 N–H and O–H groups in total. The lowest BCUT2D eigenvalue weighted by molar-refractivity contribution is 0.487. The third-order valence-corrected chi connectivity index (χ3v) is 8.28. The monoisotopic (exact) mass is 318 g/mol. The van der Waals surface area contributed by atoms with Crippen molar-refractivity contribution in [3.8, 4) is 5.75 Å². The first-order chi connectivity index (χ1) is 7.67. The predicted octanol–water partition coefficient (Wildman–Crippen LogP) is 5.10. The van der Waals surface area contributed by atoms with Gasteiger partial charge >= 0.3 is 0 Å². The van der Waals surface area contributed by atoms with Crippen molar-refractivity contribution in [1.29, 1.82) is 0 Å². The molecule has 0 aromatic heterocycles. The summed E-state index contributed by atoms with van der Waals surface area (Å²) in [5, 5.41) is 0.750. The Kier molecular flexibility index (Phi) is 4.41. The van der Waals surface area contributed by atoms with Gasteiger partial charge in [-0.15, -0.1) is 0 Å². The van der Waals surface area contributed by atoms with Gasteiger partial charge in [0.05, 0.1) is 0 Å². The predicted molar refractivity (Wildman–Crippen MR) is 76.9 cm³/mol. The van der Waals surface area contributed by atoms with E-state index in [0.29, 0.717) is 5.33 Å². The third kappa shape index (κ3) is 3.55. The largest absolute Gasteiger partial charge is 0.543 e. The molecule has 17 heavy (non-hydrogen) atoms. The van der Waals surface area contributed by atoms with Crippen molar-refractivity contribution in [2.75, 3.05) is 0 Å². The second-order valence-corrected chi connectivity index (χ2v) is 11.0. The first-order valence-electron chi connectivity index (χ1n) is 5.71. The van der Waals surface area contributed by atoms with Crippen LogP contribution in [0, 0.1) is 5.82 Å². The van der Waals surface area contributed by atoms with E-state index in [1.165, 1.54) is 12.1 Å². The van der Waals surface area contributed by atoms with E-state index in [1.807, 2.05) is 0 Å². The van der Waals surface area contributed by atoms with Crippen molar-refractivity contribution in [1.82, 2.24) is 0 Å². The molecule has 0 heterocycles. The minimum absolute atomic E-state index is 0.144. The van der Waals surface area contributed by atoms with Gasteiger partial charge in [-0.25, -0.2) is 4.39 Å². The molecule has 96 valence electrons. The van der Waals surface area contributed by atoms with Crippen LogP contribution in [0.1, 0.15) is 26.3 Å². The van der Waals surface area contributed by atoms with Gasteiger partial charge in [-0.05, 0) is 36.3 Å². The Hall–Kier alpha value is -0.353. The average Bonchev–Trinajstić information content (AvgIpc) is 2.18. The second-order valence-electron chi connectivity index (χ2n) is 5.75. The number of hydrogen-bond donors (Lipinski definition) is 0. The van der Waals surface area contributed by atoms with Crippen LogP contribution in [0.4, 0.5) is 4.39 Å². The molecule has 1 aromatic rings. The molecule has 0 saturated heterocycles. The Morgan fingerprint density at radius 1 is 1.29 bits per heavy atom. The summed E-state index contributed by atoms with van der Waals surface area (Å²) in [6.45, 7) is 11.0. The number of benzene rings is 1. The molecule has 1 aromatic carbocycles. The van der Waals surface area contributed by atoms with Crippen LogP contribution in [0.15, 0.2) is 18.2 Å². The van der Waals surface area contributed by atoms with Crippen molar-refractivity contribution < 1.29 is 8.82 Å². The maximum absolute atomic E-state index is 13.1. The summed E-state index contributed by atoms with van der Waals surface area (Å²) in [5.74, 6) is 0.580. The van der Waals surface area contributed by atoms with Crippen LogP contribution in [0.2, 0.25) is 18.1 Å². The molecule has 1 rings (SSSR count). The van der Waals surface area contributed by atoms with Crippen LogP contribution in [0.5, 0.6) is 5.75 Å². The van der Waals surface area contributed by atoms with Crippen LogP contribution in [-0.4, -0.2) is 8.32 Å². The van der Waals surface area contributed by atoms with Crippen LogP contribution >= 0.6 is 15.9 Å². The molecule has 0 aliphatic carbocycles. The van der Waals surface area contributed by atoms with Crippen molar-refractivity contribution in [3.05, 3.63) is 29.6 Å². The quantitative estimate of drug-likeness (QED) is 0.556. The maximum Gasteiger partial charge on any atom is 0.250 e. The fraction of sp³-hybridized carbons (Fsp3) is 0.538. The van der Waals surface area contributed by atoms with Gasteiger partial charge in [0, 0.05) is 10.9 Å². The van der Waals surface area contributed by atoms with E-state index >= 15 is 0 Å². The fourth-order valence-corrected chi connectivity index (χ4v) is 2.67. The SMILES string of the molecule is CC(C)(C)[Si](C)(C)Oc1ccc(F)cc1CBr. The normalized spacial score (nSPS) is 12.6. The van der Waals surface area contributed by atoms with Gasteiger partial charge in [0.15, 0.2) is 0 Å². The van der Waals surface area contributed by atoms with Crippen molar-refractivity contribution in [3.63, 3.8) is 0 Å². The topological polar surface area (TPSA) is 9.23 Å². The molecule has 0 aliphatic heterocycles. The molecule has 0 aliphatic rings. The van der Waals surface area contributed by atoms with E-state index in [1.54, 1.807) is 6.07 Å². The van der Waals surface area contributed by atoms with Gasteiger partial charge in [-0.2, -0.15) is 0 Å². The highest BCUT2D eigenvalue weighted by Gasteiger charge is 2.39. The van der Waals surface area contributed by atoms with E-state index in [0.717, 1.165) is 11.3 Å². The van der Waals surface area contributed by atoms with Crippen molar-refractivity contribution >= 4 is 24.2 Å². The van der Waals surface area contributed by atoms with Crippen LogP contribution in [-0.2, 0) is 5.33 Å². The molecular weight excluding hydrogens is 299 g/mol. The minimum Gasteiger partial charge on any atom is -0.543 e. The molecule has 0 atom stereocenters. The summed E-state index contributed by atoms with van der Waals surface area (Å²) >= 11 is 3.37. The number of halogens is 2. The zero-order chi connectivity index (χ0) is 13.3. The van der Waals surface area contributed by atoms with Gasteiger partial charge in [0.1, 0.15) is 11.6 Å². The smallest absolute Gasteiger partial charge is 0.250 e. The van der Waals surface area contributed by atoms with Gasteiger partial charge in [0.2, 0.25) is 8.32 Å². The van der Waals surface area contributed by atoms with E-state index in [4.69, 9.17) is 4.43 Å². The summed E-state index contributed by atoms with van der Waals surface area (Å²) in [6, 6.07) is 4.71. The zero-order valence-electron chi connectivity index (χ0n) is 11.1. The van der Waals surface area contributed by atoms with Crippen molar-refractivity contribution in [2.45, 2.75) is 44.2 Å². The molecule has 1 nitrogen and oxygen atoms in total. The third-order valence-electron chi connectivity index (χ3n) is 3.34. The molecule has 0 saturated carbocycles. The summed E-state index contributed by atoms with van der Waals surface area (Å²) in [4.78, 5) is 0. The van der Waals surface area contributed by atoms with Crippen LogP contribution in [0.25, 0.3) is 0 Å². The van der Waals surface area contributed by atoms with Gasteiger partial charge in [-0.1, -0.05) is 36.7 Å². The number of hydrogen-bond acceptors (Lipinski definition) is 1. The van der Waals surface area contributed by atoms with Gasteiger partial charge in [0.25, 0.3) is 0 Å². The first kappa shape index (κ1) is 14.7. The van der Waals surface area contributed by atoms with E-state index in [-0.39, 0.29) is 10.9 Å². The molecule has 0 radical (unpaired) electrons. The highest BCUT2D eigenvalue weighted by atomic mass is 79.9. The summed E-state index contributed by atoms with van der Waals surface area (Å²) < 4.78 is 19.3. The van der Waals surface area contributed by atoms with Gasteiger partial charge < -0.3 is 4.43 Å². The Balaban J connectivity index is 3.03. The van der Waals surface area contributed by atoms with Gasteiger partial charge in [-0.3, -0.25) is 0 Å². The average molecular weight is 319 g/mol.